The number of amides is 2. The summed E-state index contributed by atoms with van der Waals surface area (Å²) in [5.41, 5.74) is 9.88. The van der Waals surface area contributed by atoms with Crippen molar-refractivity contribution in [2.24, 2.45) is 5.92 Å². The number of rotatable bonds is 6. The van der Waals surface area contributed by atoms with Crippen molar-refractivity contribution in [3.05, 3.63) is 76.1 Å². The fourth-order valence-electron chi connectivity index (χ4n) is 5.41. The fourth-order valence-corrected chi connectivity index (χ4v) is 5.41. The maximum Gasteiger partial charge on any atom is 0.323 e. The topological polar surface area (TPSA) is 69.8 Å². The Morgan fingerprint density at radius 3 is 2.71 bits per heavy atom. The van der Waals surface area contributed by atoms with Gasteiger partial charge in [0.25, 0.3) is 0 Å². The van der Waals surface area contributed by atoms with Gasteiger partial charge in [-0.05, 0) is 71.2 Å². The van der Waals surface area contributed by atoms with Crippen LogP contribution in [-0.2, 0) is 19.3 Å². The largest absolute Gasteiger partial charge is 0.323 e. The molecule has 3 N–H and O–H groups in total. The minimum atomic E-state index is -0.256. The van der Waals surface area contributed by atoms with Gasteiger partial charge >= 0.3 is 6.03 Å². The van der Waals surface area contributed by atoms with Crippen LogP contribution in [0.1, 0.15) is 72.5 Å². The van der Waals surface area contributed by atoms with Crippen molar-refractivity contribution in [2.45, 2.75) is 65.2 Å². The lowest BCUT2D eigenvalue weighted by Crippen LogP contribution is -2.20. The molecule has 0 unspecified atom stereocenters. The number of anilines is 2. The van der Waals surface area contributed by atoms with Gasteiger partial charge in [-0.25, -0.2) is 4.79 Å². The molecule has 0 spiro atoms. The number of fused-ring (bicyclic) bond motifs is 1. The van der Waals surface area contributed by atoms with Gasteiger partial charge in [0.1, 0.15) is 0 Å². The van der Waals surface area contributed by atoms with Gasteiger partial charge in [0.05, 0.1) is 17.6 Å². The molecule has 2 amide bonds. The van der Waals surface area contributed by atoms with Crippen LogP contribution in [0.3, 0.4) is 0 Å². The quantitative estimate of drug-likeness (QED) is 0.370. The minimum absolute atomic E-state index is 0.256. The van der Waals surface area contributed by atoms with Gasteiger partial charge in [0.2, 0.25) is 0 Å². The lowest BCUT2D eigenvalue weighted by atomic mass is 9.84. The van der Waals surface area contributed by atoms with Crippen LogP contribution in [0.5, 0.6) is 0 Å². The molecule has 0 atom stereocenters. The van der Waals surface area contributed by atoms with Crippen molar-refractivity contribution in [1.29, 1.82) is 0 Å². The normalized spacial score (nSPS) is 15.6. The zero-order valence-electron chi connectivity index (χ0n) is 20.2. The molecular formula is C29H34N4O. The van der Waals surface area contributed by atoms with E-state index in [1.165, 1.54) is 55.2 Å². The first-order valence-corrected chi connectivity index (χ1v) is 12.6. The highest BCUT2D eigenvalue weighted by Gasteiger charge is 2.21. The smallest absolute Gasteiger partial charge is 0.307 e. The number of hydrogen-bond acceptors (Lipinski definition) is 2. The molecule has 3 aromatic rings. The van der Waals surface area contributed by atoms with Crippen LogP contribution in [-0.4, -0.2) is 16.2 Å². The monoisotopic (exact) mass is 454 g/mol. The summed E-state index contributed by atoms with van der Waals surface area (Å²) in [5.74, 6) is 0.834. The molecule has 0 aliphatic heterocycles. The van der Waals surface area contributed by atoms with Crippen LogP contribution < -0.4 is 10.6 Å². The van der Waals surface area contributed by atoms with Crippen LogP contribution >= 0.6 is 0 Å². The first kappa shape index (κ1) is 22.5. The standard InChI is InChI=1S/C29H34N4O/c1-3-22-11-9-19(2)13-26(22)31-29(34)32-27-18-30-33-28(27)25-16-23-12-10-21(15-24(23)17-25)14-20-7-5-4-6-8-20/h9-13,15,17-18,20H,3-8,14,16H2,1-2H3,(H,30,33)(H2,31,32,34). The zero-order valence-corrected chi connectivity index (χ0v) is 20.2. The minimum Gasteiger partial charge on any atom is -0.307 e. The first-order chi connectivity index (χ1) is 16.6. The number of carbonyl (C=O) groups is 1. The van der Waals surface area contributed by atoms with Gasteiger partial charge in [-0.1, -0.05) is 69.4 Å². The molecule has 0 bridgehead atoms. The lowest BCUT2D eigenvalue weighted by molar-refractivity contribution is 0.262. The summed E-state index contributed by atoms with van der Waals surface area (Å²) in [6.45, 7) is 4.12. The van der Waals surface area contributed by atoms with Crippen LogP contribution in [0.15, 0.2) is 42.6 Å². The number of urea groups is 1. The number of nitrogens with zero attached hydrogens (tertiary/aromatic N) is 1. The second kappa shape index (κ2) is 9.88. The Morgan fingerprint density at radius 1 is 1.06 bits per heavy atom. The molecular weight excluding hydrogens is 420 g/mol. The molecule has 5 heteroatoms. The average Bonchev–Trinajstić information content (AvgIpc) is 3.46. The van der Waals surface area contributed by atoms with Gasteiger partial charge < -0.3 is 10.6 Å². The molecule has 0 radical (unpaired) electrons. The van der Waals surface area contributed by atoms with E-state index in [2.05, 4.69) is 64.2 Å². The van der Waals surface area contributed by atoms with E-state index in [9.17, 15) is 4.79 Å². The maximum atomic E-state index is 12.8. The molecule has 5 rings (SSSR count). The summed E-state index contributed by atoms with van der Waals surface area (Å²) in [7, 11) is 0. The van der Waals surface area contributed by atoms with Gasteiger partial charge in [0.15, 0.2) is 0 Å². The molecule has 2 aromatic carbocycles. The summed E-state index contributed by atoms with van der Waals surface area (Å²) < 4.78 is 0. The number of aromatic nitrogens is 2. The van der Waals surface area contributed by atoms with E-state index in [0.29, 0.717) is 5.69 Å². The number of nitrogens with one attached hydrogen (secondary N) is 3. The Labute approximate surface area is 202 Å². The number of H-pyrrole nitrogens is 1. The Hall–Kier alpha value is -3.34. The van der Waals surface area contributed by atoms with Crippen LogP contribution in [0.25, 0.3) is 11.6 Å². The second-order valence-corrected chi connectivity index (χ2v) is 9.84. The highest BCUT2D eigenvalue weighted by molar-refractivity contribution is 6.03. The Kier molecular flexibility index (Phi) is 6.52. The third-order valence-electron chi connectivity index (χ3n) is 7.27. The van der Waals surface area contributed by atoms with Crippen LogP contribution in [0, 0.1) is 12.8 Å². The molecule has 34 heavy (non-hydrogen) atoms. The summed E-state index contributed by atoms with van der Waals surface area (Å²) in [6.07, 6.45) is 13.7. The number of aryl methyl sites for hydroxylation is 2. The van der Waals surface area contributed by atoms with E-state index in [1.54, 1.807) is 6.20 Å². The molecule has 2 aliphatic carbocycles. The summed E-state index contributed by atoms with van der Waals surface area (Å²) in [5, 5.41) is 13.3. The highest BCUT2D eigenvalue weighted by Crippen LogP contribution is 2.35. The van der Waals surface area contributed by atoms with Crippen molar-refractivity contribution in [3.8, 4) is 0 Å². The Bertz CT molecular complexity index is 1220. The van der Waals surface area contributed by atoms with E-state index in [4.69, 9.17) is 0 Å². The van der Waals surface area contributed by atoms with Gasteiger partial charge in [-0.3, -0.25) is 5.10 Å². The van der Waals surface area contributed by atoms with Crippen molar-refractivity contribution in [2.75, 3.05) is 10.6 Å². The van der Waals surface area contributed by atoms with Crippen molar-refractivity contribution >= 4 is 29.1 Å². The Balaban J connectivity index is 1.29. The third-order valence-corrected chi connectivity index (χ3v) is 7.27. The zero-order chi connectivity index (χ0) is 23.5. The number of benzene rings is 2. The third kappa shape index (κ3) is 4.93. The predicted octanol–water partition coefficient (Wildman–Crippen LogP) is 7.14. The van der Waals surface area contributed by atoms with Crippen molar-refractivity contribution in [3.63, 3.8) is 0 Å². The molecule has 1 heterocycles. The Morgan fingerprint density at radius 2 is 1.88 bits per heavy atom. The molecule has 1 aromatic heterocycles. The van der Waals surface area contributed by atoms with Crippen molar-refractivity contribution in [1.82, 2.24) is 10.2 Å². The van der Waals surface area contributed by atoms with E-state index in [0.717, 1.165) is 46.8 Å². The van der Waals surface area contributed by atoms with E-state index in [-0.39, 0.29) is 6.03 Å². The highest BCUT2D eigenvalue weighted by atomic mass is 16.2. The van der Waals surface area contributed by atoms with Gasteiger partial charge in [-0.15, -0.1) is 0 Å². The summed E-state index contributed by atoms with van der Waals surface area (Å²) in [6, 6.07) is 12.8. The fraction of sp³-hybridized carbons (Fsp3) is 0.379. The van der Waals surface area contributed by atoms with E-state index < -0.39 is 0 Å². The second-order valence-electron chi connectivity index (χ2n) is 9.84. The molecule has 5 nitrogen and oxygen atoms in total. The summed E-state index contributed by atoms with van der Waals surface area (Å²) >= 11 is 0. The number of aromatic amines is 1. The molecule has 1 fully saturated rings. The van der Waals surface area contributed by atoms with E-state index >= 15 is 0 Å². The van der Waals surface area contributed by atoms with Gasteiger partial charge in [0, 0.05) is 12.1 Å². The molecule has 1 saturated carbocycles. The molecule has 176 valence electrons. The van der Waals surface area contributed by atoms with Crippen molar-refractivity contribution < 1.29 is 4.79 Å². The summed E-state index contributed by atoms with van der Waals surface area (Å²) in [4.78, 5) is 12.8. The lowest BCUT2D eigenvalue weighted by Gasteiger charge is -2.21. The average molecular weight is 455 g/mol. The maximum absolute atomic E-state index is 12.8. The number of allylic oxidation sites excluding steroid dienone is 1. The van der Waals surface area contributed by atoms with Crippen LogP contribution in [0.4, 0.5) is 16.2 Å². The first-order valence-electron chi connectivity index (χ1n) is 12.6. The van der Waals surface area contributed by atoms with E-state index in [1.807, 2.05) is 13.0 Å². The molecule has 0 saturated heterocycles. The predicted molar refractivity (Wildman–Crippen MR) is 140 cm³/mol. The number of hydrogen-bond donors (Lipinski definition) is 3. The van der Waals surface area contributed by atoms with Gasteiger partial charge in [-0.2, -0.15) is 5.10 Å². The number of carbonyl (C=O) groups excluding carboxylic acids is 1. The van der Waals surface area contributed by atoms with Crippen LogP contribution in [0.2, 0.25) is 0 Å². The molecule has 2 aliphatic rings. The SMILES string of the molecule is CCc1ccc(C)cc1NC(=O)Nc1cn[nH]c1C1=Cc2cc(CC3CCCCC3)ccc2C1.